The molecule has 0 heterocycles. The summed E-state index contributed by atoms with van der Waals surface area (Å²) >= 11 is 3.44. The molecule has 132 valence electrons. The molecule has 0 rings (SSSR count). The van der Waals surface area contributed by atoms with Crippen molar-refractivity contribution in [1.82, 2.24) is 0 Å². The molecule has 0 bridgehead atoms. The van der Waals surface area contributed by atoms with Gasteiger partial charge in [-0.3, -0.25) is 0 Å². The maximum absolute atomic E-state index is 13.6. The van der Waals surface area contributed by atoms with Gasteiger partial charge in [0.05, 0.1) is 6.61 Å². The van der Waals surface area contributed by atoms with Crippen molar-refractivity contribution in [3.63, 3.8) is 0 Å². The second-order valence-corrected chi connectivity index (χ2v) is 13.3. The summed E-state index contributed by atoms with van der Waals surface area (Å²) in [5.74, 6) is -0.756. The van der Waals surface area contributed by atoms with Gasteiger partial charge in [0, 0.05) is 17.9 Å². The van der Waals surface area contributed by atoms with Crippen molar-refractivity contribution >= 4 is 30.2 Å². The molecule has 0 aliphatic rings. The van der Waals surface area contributed by atoms with Crippen LogP contribution in [0.1, 0.15) is 53.4 Å². The van der Waals surface area contributed by atoms with E-state index in [0.29, 0.717) is 0 Å². The minimum absolute atomic E-state index is 0.000206. The molecule has 0 aliphatic carbocycles. The first kappa shape index (κ1) is 22.1. The third-order valence-electron chi connectivity index (χ3n) is 4.19. The highest BCUT2D eigenvalue weighted by molar-refractivity contribution is 9.09. The van der Waals surface area contributed by atoms with Crippen LogP contribution in [0.15, 0.2) is 0 Å². The summed E-state index contributed by atoms with van der Waals surface area (Å²) in [6, 6.07) is 0. The number of rotatable bonds is 10. The molecule has 0 fully saturated rings. The molecule has 6 heteroatoms. The normalized spacial score (nSPS) is 15.5. The maximum Gasteiger partial charge on any atom is 0.340 e. The third kappa shape index (κ3) is 8.63. The lowest BCUT2D eigenvalue weighted by Crippen LogP contribution is -2.40. The van der Waals surface area contributed by atoms with E-state index < -0.39 is 20.5 Å². The molecule has 0 N–H and O–H groups in total. The van der Waals surface area contributed by atoms with E-state index >= 15 is 0 Å². The van der Waals surface area contributed by atoms with Crippen molar-refractivity contribution < 1.29 is 18.3 Å². The molecule has 0 aliphatic heterocycles. The van der Waals surface area contributed by atoms with Crippen LogP contribution in [-0.2, 0) is 14.0 Å². The average molecular weight is 399 g/mol. The van der Waals surface area contributed by atoms with Crippen molar-refractivity contribution in [3.05, 3.63) is 0 Å². The molecular formula is C16H32BrFO3Si. The molecule has 0 saturated carbocycles. The van der Waals surface area contributed by atoms with E-state index in [-0.39, 0.29) is 22.9 Å². The number of carbonyl (C=O) groups is 1. The van der Waals surface area contributed by atoms with Gasteiger partial charge < -0.3 is 9.16 Å². The number of esters is 1. The van der Waals surface area contributed by atoms with Gasteiger partial charge in [-0.2, -0.15) is 0 Å². The standard InChI is InChI=1S/C16H32BrFO3Si/c1-7-20-15(19)14(18)12-13(17)10-8-9-11-21-22(5,6)16(2,3)4/h13-14H,7-12H2,1-6H3/t13?,14-/m0/s1. The lowest BCUT2D eigenvalue weighted by atomic mass is 10.1. The monoisotopic (exact) mass is 398 g/mol. The van der Waals surface area contributed by atoms with Gasteiger partial charge in [-0.15, -0.1) is 0 Å². The van der Waals surface area contributed by atoms with Crippen molar-refractivity contribution in [2.45, 2.75) is 82.5 Å². The van der Waals surface area contributed by atoms with E-state index in [4.69, 9.17) is 4.43 Å². The first-order valence-corrected chi connectivity index (χ1v) is 11.9. The first-order chi connectivity index (χ1) is 10.0. The van der Waals surface area contributed by atoms with E-state index in [1.54, 1.807) is 6.92 Å². The molecular weight excluding hydrogens is 367 g/mol. The van der Waals surface area contributed by atoms with Crippen LogP contribution in [0.2, 0.25) is 18.1 Å². The quantitative estimate of drug-likeness (QED) is 0.218. The minimum atomic E-state index is -1.67. The number of unbranched alkanes of at least 4 members (excludes halogenated alkanes) is 1. The second kappa shape index (κ2) is 10.0. The molecule has 0 radical (unpaired) electrons. The van der Waals surface area contributed by atoms with Crippen molar-refractivity contribution in [3.8, 4) is 0 Å². The Morgan fingerprint density at radius 1 is 1.27 bits per heavy atom. The summed E-state index contributed by atoms with van der Waals surface area (Å²) in [5.41, 5.74) is 0. The zero-order chi connectivity index (χ0) is 17.4. The lowest BCUT2D eigenvalue weighted by molar-refractivity contribution is -0.149. The van der Waals surface area contributed by atoms with Crippen LogP contribution in [0.25, 0.3) is 0 Å². The summed E-state index contributed by atoms with van der Waals surface area (Å²) in [7, 11) is -1.67. The molecule has 0 aromatic carbocycles. The molecule has 0 aromatic rings. The Bertz CT molecular complexity index is 332. The molecule has 0 saturated heterocycles. The fourth-order valence-corrected chi connectivity index (χ4v) is 3.42. The van der Waals surface area contributed by atoms with Crippen LogP contribution >= 0.6 is 15.9 Å². The predicted molar refractivity (Wildman–Crippen MR) is 95.9 cm³/mol. The Hall–Kier alpha value is 0.0569. The zero-order valence-corrected chi connectivity index (χ0v) is 17.5. The number of alkyl halides is 2. The Morgan fingerprint density at radius 2 is 1.86 bits per heavy atom. The van der Waals surface area contributed by atoms with Crippen LogP contribution in [0.4, 0.5) is 4.39 Å². The van der Waals surface area contributed by atoms with Crippen molar-refractivity contribution in [1.29, 1.82) is 0 Å². The lowest BCUT2D eigenvalue weighted by Gasteiger charge is -2.36. The van der Waals surface area contributed by atoms with Gasteiger partial charge in [-0.25, -0.2) is 9.18 Å². The van der Waals surface area contributed by atoms with Gasteiger partial charge >= 0.3 is 5.97 Å². The number of ether oxygens (including phenoxy) is 1. The summed E-state index contributed by atoms with van der Waals surface area (Å²) in [4.78, 5) is 11.2. The Kier molecular flexibility index (Phi) is 10.1. The van der Waals surface area contributed by atoms with Crippen LogP contribution in [0, 0.1) is 0 Å². The van der Waals surface area contributed by atoms with Gasteiger partial charge in [-0.1, -0.05) is 43.1 Å². The smallest absolute Gasteiger partial charge is 0.340 e. The van der Waals surface area contributed by atoms with E-state index in [9.17, 15) is 9.18 Å². The maximum atomic E-state index is 13.6. The first-order valence-electron chi connectivity index (χ1n) is 8.10. The van der Waals surface area contributed by atoms with E-state index in [1.165, 1.54) is 0 Å². The Balaban J connectivity index is 3.86. The van der Waals surface area contributed by atoms with Crippen LogP contribution in [0.3, 0.4) is 0 Å². The predicted octanol–water partition coefficient (Wildman–Crippen LogP) is 5.23. The van der Waals surface area contributed by atoms with Crippen LogP contribution in [0.5, 0.6) is 0 Å². The van der Waals surface area contributed by atoms with Gasteiger partial charge in [-0.05, 0) is 37.9 Å². The molecule has 2 atom stereocenters. The molecule has 1 unspecified atom stereocenters. The molecule has 0 aromatic heterocycles. The van der Waals surface area contributed by atoms with Crippen LogP contribution < -0.4 is 0 Å². The number of carbonyl (C=O) groups excluding carboxylic acids is 1. The highest BCUT2D eigenvalue weighted by Gasteiger charge is 2.36. The summed E-state index contributed by atoms with van der Waals surface area (Å²) in [6.45, 7) is 13.8. The minimum Gasteiger partial charge on any atom is -0.464 e. The molecule has 22 heavy (non-hydrogen) atoms. The Labute approximate surface area is 144 Å². The van der Waals surface area contributed by atoms with E-state index in [1.807, 2.05) is 0 Å². The molecule has 0 spiro atoms. The van der Waals surface area contributed by atoms with Crippen molar-refractivity contribution in [2.75, 3.05) is 13.2 Å². The van der Waals surface area contributed by atoms with Gasteiger partial charge in [0.15, 0.2) is 14.5 Å². The summed E-state index contributed by atoms with van der Waals surface area (Å²) in [5, 5.41) is 0.228. The number of hydrogen-bond donors (Lipinski definition) is 0. The summed E-state index contributed by atoms with van der Waals surface area (Å²) < 4.78 is 24.3. The van der Waals surface area contributed by atoms with Gasteiger partial charge in [0.25, 0.3) is 0 Å². The zero-order valence-electron chi connectivity index (χ0n) is 14.9. The largest absolute Gasteiger partial charge is 0.464 e. The highest BCUT2D eigenvalue weighted by Crippen LogP contribution is 2.36. The van der Waals surface area contributed by atoms with Gasteiger partial charge in [0.1, 0.15) is 0 Å². The summed E-state index contributed by atoms with van der Waals surface area (Å²) in [6.07, 6.45) is 1.39. The Morgan fingerprint density at radius 3 is 2.36 bits per heavy atom. The van der Waals surface area contributed by atoms with E-state index in [2.05, 4.69) is 54.5 Å². The highest BCUT2D eigenvalue weighted by atomic mass is 79.9. The number of halogens is 2. The van der Waals surface area contributed by atoms with Gasteiger partial charge in [0.2, 0.25) is 0 Å². The molecule has 3 nitrogen and oxygen atoms in total. The average Bonchev–Trinajstić information content (AvgIpc) is 2.36. The van der Waals surface area contributed by atoms with Crippen LogP contribution in [-0.4, -0.2) is 38.5 Å². The van der Waals surface area contributed by atoms with E-state index in [0.717, 1.165) is 25.9 Å². The van der Waals surface area contributed by atoms with Crippen molar-refractivity contribution in [2.24, 2.45) is 0 Å². The number of hydrogen-bond acceptors (Lipinski definition) is 3. The molecule has 0 amide bonds. The topological polar surface area (TPSA) is 35.5 Å². The fourth-order valence-electron chi connectivity index (χ4n) is 1.68. The third-order valence-corrected chi connectivity index (χ3v) is 9.56. The fraction of sp³-hybridized carbons (Fsp3) is 0.938. The second-order valence-electron chi connectivity index (χ2n) is 7.16. The SMILES string of the molecule is CCOC(=O)[C@@H](F)CC(Br)CCCCO[Si](C)(C)C(C)(C)C.